The lowest BCUT2D eigenvalue weighted by atomic mass is 10.1. The number of methoxy groups -OCH3 is 2. The quantitative estimate of drug-likeness (QED) is 0.601. The molecule has 0 aliphatic rings. The molecule has 0 aliphatic heterocycles. The molecule has 104 valence electrons. The van der Waals surface area contributed by atoms with Crippen LogP contribution in [0.5, 0.6) is 11.5 Å². The SMILES string of the molecule is COc1ccc(C(=S)CC(=O)c2cccs2)cc1OC. The molecule has 20 heavy (non-hydrogen) atoms. The summed E-state index contributed by atoms with van der Waals surface area (Å²) >= 11 is 6.77. The molecule has 1 aromatic carbocycles. The molecule has 2 rings (SSSR count). The molecule has 0 atom stereocenters. The van der Waals surface area contributed by atoms with Crippen molar-refractivity contribution in [3.8, 4) is 11.5 Å². The number of rotatable bonds is 6. The first-order chi connectivity index (χ1) is 9.65. The van der Waals surface area contributed by atoms with Gasteiger partial charge in [0.25, 0.3) is 0 Å². The van der Waals surface area contributed by atoms with Crippen LogP contribution in [-0.4, -0.2) is 24.9 Å². The second kappa shape index (κ2) is 6.63. The first-order valence-corrected chi connectivity index (χ1v) is 7.26. The second-order valence-electron chi connectivity index (χ2n) is 4.07. The first-order valence-electron chi connectivity index (χ1n) is 5.97. The van der Waals surface area contributed by atoms with Crippen LogP contribution in [0.1, 0.15) is 21.7 Å². The Bertz CT molecular complexity index is 618. The van der Waals surface area contributed by atoms with E-state index in [0.29, 0.717) is 16.4 Å². The number of ketones is 1. The number of thiophene rings is 1. The van der Waals surface area contributed by atoms with Gasteiger partial charge >= 0.3 is 0 Å². The molecular weight excluding hydrogens is 292 g/mol. The summed E-state index contributed by atoms with van der Waals surface area (Å²) < 4.78 is 10.4. The molecule has 5 heteroatoms. The molecule has 0 radical (unpaired) electrons. The largest absolute Gasteiger partial charge is 0.493 e. The van der Waals surface area contributed by atoms with Gasteiger partial charge in [0.05, 0.1) is 19.1 Å². The number of carbonyl (C=O) groups is 1. The van der Waals surface area contributed by atoms with Crippen molar-refractivity contribution in [1.82, 2.24) is 0 Å². The van der Waals surface area contributed by atoms with Gasteiger partial charge in [-0.25, -0.2) is 0 Å². The Hall–Kier alpha value is -1.72. The van der Waals surface area contributed by atoms with Gasteiger partial charge < -0.3 is 9.47 Å². The van der Waals surface area contributed by atoms with E-state index in [9.17, 15) is 4.79 Å². The third-order valence-electron chi connectivity index (χ3n) is 2.82. The highest BCUT2D eigenvalue weighted by Crippen LogP contribution is 2.28. The fourth-order valence-electron chi connectivity index (χ4n) is 1.78. The predicted molar refractivity (Wildman–Crippen MR) is 84.5 cm³/mol. The first kappa shape index (κ1) is 14.7. The summed E-state index contributed by atoms with van der Waals surface area (Å²) in [6, 6.07) is 9.09. The Morgan fingerprint density at radius 2 is 1.95 bits per heavy atom. The monoisotopic (exact) mass is 306 g/mol. The zero-order chi connectivity index (χ0) is 14.5. The van der Waals surface area contributed by atoms with Crippen LogP contribution < -0.4 is 9.47 Å². The summed E-state index contributed by atoms with van der Waals surface area (Å²) in [5.41, 5.74) is 0.808. The fourth-order valence-corrected chi connectivity index (χ4v) is 2.70. The fraction of sp³-hybridized carbons (Fsp3) is 0.200. The van der Waals surface area contributed by atoms with Gasteiger partial charge in [0.2, 0.25) is 0 Å². The number of benzene rings is 1. The van der Waals surface area contributed by atoms with Crippen LogP contribution in [0.3, 0.4) is 0 Å². The molecule has 0 amide bonds. The molecule has 0 saturated heterocycles. The van der Waals surface area contributed by atoms with Crippen molar-refractivity contribution in [2.75, 3.05) is 14.2 Å². The van der Waals surface area contributed by atoms with Crippen molar-refractivity contribution >= 4 is 34.2 Å². The van der Waals surface area contributed by atoms with E-state index in [-0.39, 0.29) is 12.2 Å². The zero-order valence-corrected chi connectivity index (χ0v) is 12.8. The van der Waals surface area contributed by atoms with Gasteiger partial charge in [-0.15, -0.1) is 11.3 Å². The normalized spacial score (nSPS) is 10.1. The lowest BCUT2D eigenvalue weighted by Crippen LogP contribution is -2.06. The number of hydrogen-bond donors (Lipinski definition) is 0. The van der Waals surface area contributed by atoms with Crippen molar-refractivity contribution in [2.45, 2.75) is 6.42 Å². The van der Waals surface area contributed by atoms with E-state index in [2.05, 4.69) is 0 Å². The second-order valence-corrected chi connectivity index (χ2v) is 5.51. The molecule has 0 spiro atoms. The number of ether oxygens (including phenoxy) is 2. The molecule has 0 bridgehead atoms. The van der Waals surface area contributed by atoms with E-state index in [1.165, 1.54) is 11.3 Å². The highest BCUT2D eigenvalue weighted by Gasteiger charge is 2.13. The molecule has 3 nitrogen and oxygen atoms in total. The highest BCUT2D eigenvalue weighted by molar-refractivity contribution is 7.80. The minimum Gasteiger partial charge on any atom is -0.493 e. The zero-order valence-electron chi connectivity index (χ0n) is 11.2. The molecule has 1 aromatic heterocycles. The van der Waals surface area contributed by atoms with Crippen molar-refractivity contribution in [3.05, 3.63) is 46.2 Å². The smallest absolute Gasteiger partial charge is 0.178 e. The van der Waals surface area contributed by atoms with Crippen LogP contribution in [-0.2, 0) is 0 Å². The van der Waals surface area contributed by atoms with Crippen molar-refractivity contribution < 1.29 is 14.3 Å². The maximum atomic E-state index is 12.0. The molecule has 0 N–H and O–H groups in total. The third-order valence-corrected chi connectivity index (χ3v) is 4.11. The van der Waals surface area contributed by atoms with Gasteiger partial charge in [-0.05, 0) is 35.2 Å². The Kier molecular flexibility index (Phi) is 4.87. The number of Topliss-reactive ketones (excluding diaryl/α,β-unsaturated/α-hetero) is 1. The van der Waals surface area contributed by atoms with Gasteiger partial charge in [0, 0.05) is 11.3 Å². The summed E-state index contributed by atoms with van der Waals surface area (Å²) in [6.45, 7) is 0. The predicted octanol–water partition coefficient (Wildman–Crippen LogP) is 3.76. The lowest BCUT2D eigenvalue weighted by molar-refractivity contribution is 0.100. The lowest BCUT2D eigenvalue weighted by Gasteiger charge is -2.10. The van der Waals surface area contributed by atoms with Gasteiger partial charge in [-0.2, -0.15) is 0 Å². The molecule has 0 aliphatic carbocycles. The molecule has 0 saturated carbocycles. The van der Waals surface area contributed by atoms with Crippen LogP contribution in [0, 0.1) is 0 Å². The number of carbonyl (C=O) groups excluding carboxylic acids is 1. The van der Waals surface area contributed by atoms with E-state index in [4.69, 9.17) is 21.7 Å². The summed E-state index contributed by atoms with van der Waals surface area (Å²) in [5.74, 6) is 1.29. The summed E-state index contributed by atoms with van der Waals surface area (Å²) in [6.07, 6.45) is 0.228. The Morgan fingerprint density at radius 1 is 1.20 bits per heavy atom. The number of thiocarbonyl (C=S) groups is 1. The average Bonchev–Trinajstić information content (AvgIpc) is 3.00. The minimum absolute atomic E-state index is 0.0415. The van der Waals surface area contributed by atoms with Gasteiger partial charge in [0.15, 0.2) is 17.3 Å². The molecule has 0 unspecified atom stereocenters. The van der Waals surface area contributed by atoms with E-state index in [1.807, 2.05) is 23.6 Å². The van der Waals surface area contributed by atoms with E-state index in [1.54, 1.807) is 26.4 Å². The maximum Gasteiger partial charge on any atom is 0.178 e. The van der Waals surface area contributed by atoms with Crippen molar-refractivity contribution in [3.63, 3.8) is 0 Å². The Balaban J connectivity index is 2.15. The van der Waals surface area contributed by atoms with Gasteiger partial charge in [0.1, 0.15) is 0 Å². The highest BCUT2D eigenvalue weighted by atomic mass is 32.1. The van der Waals surface area contributed by atoms with Crippen molar-refractivity contribution in [2.24, 2.45) is 0 Å². The topological polar surface area (TPSA) is 35.5 Å². The van der Waals surface area contributed by atoms with Crippen LogP contribution in [0.2, 0.25) is 0 Å². The average molecular weight is 306 g/mol. The van der Waals surface area contributed by atoms with Crippen LogP contribution in [0.15, 0.2) is 35.7 Å². The maximum absolute atomic E-state index is 12.0. The van der Waals surface area contributed by atoms with Crippen LogP contribution in [0.4, 0.5) is 0 Å². The standard InChI is InChI=1S/C15H14O3S2/c1-17-12-6-5-10(8-13(12)18-2)14(19)9-11(16)15-4-3-7-20-15/h3-8H,9H2,1-2H3. The molecule has 1 heterocycles. The van der Waals surface area contributed by atoms with E-state index >= 15 is 0 Å². The molecule has 2 aromatic rings. The van der Waals surface area contributed by atoms with Crippen LogP contribution >= 0.6 is 23.6 Å². The van der Waals surface area contributed by atoms with Crippen molar-refractivity contribution in [1.29, 1.82) is 0 Å². The Morgan fingerprint density at radius 3 is 2.55 bits per heavy atom. The molecular formula is C15H14O3S2. The molecule has 0 fully saturated rings. The summed E-state index contributed by atoms with van der Waals surface area (Å²) in [7, 11) is 3.15. The summed E-state index contributed by atoms with van der Waals surface area (Å²) in [5, 5.41) is 1.88. The van der Waals surface area contributed by atoms with E-state index < -0.39 is 0 Å². The number of hydrogen-bond acceptors (Lipinski definition) is 5. The van der Waals surface area contributed by atoms with E-state index in [0.717, 1.165) is 10.4 Å². The third kappa shape index (κ3) is 3.23. The van der Waals surface area contributed by atoms with Gasteiger partial charge in [-0.1, -0.05) is 18.3 Å². The van der Waals surface area contributed by atoms with Gasteiger partial charge in [-0.3, -0.25) is 4.79 Å². The minimum atomic E-state index is 0.0415. The Labute approximate surface area is 127 Å². The van der Waals surface area contributed by atoms with Crippen LogP contribution in [0.25, 0.3) is 0 Å². The summed E-state index contributed by atoms with van der Waals surface area (Å²) in [4.78, 5) is 13.4.